The number of likely N-dealkylation sites (N-methyl/N-ethyl adjacent to an activating group) is 2. The molecule has 2 amide bonds. The standard InChI is InChI=1S/C11H21N3O2/c1-5-12-11(2,3)10(16)13-8-6-7-14(4)9(8)15/h8,12H,5-7H2,1-4H3,(H,13,16). The Morgan fingerprint density at radius 3 is 2.62 bits per heavy atom. The molecule has 1 unspecified atom stereocenters. The molecule has 1 heterocycles. The summed E-state index contributed by atoms with van der Waals surface area (Å²) in [5, 5.41) is 5.88. The fourth-order valence-corrected chi connectivity index (χ4v) is 1.82. The van der Waals surface area contributed by atoms with Gasteiger partial charge in [0.2, 0.25) is 11.8 Å². The Labute approximate surface area is 96.6 Å². The van der Waals surface area contributed by atoms with Crippen LogP contribution in [-0.4, -0.2) is 48.4 Å². The van der Waals surface area contributed by atoms with Gasteiger partial charge in [0.15, 0.2) is 0 Å². The van der Waals surface area contributed by atoms with E-state index in [-0.39, 0.29) is 17.9 Å². The highest BCUT2D eigenvalue weighted by atomic mass is 16.2. The fraction of sp³-hybridized carbons (Fsp3) is 0.818. The van der Waals surface area contributed by atoms with Crippen molar-refractivity contribution in [2.75, 3.05) is 20.1 Å². The Morgan fingerprint density at radius 2 is 2.19 bits per heavy atom. The van der Waals surface area contributed by atoms with Crippen LogP contribution >= 0.6 is 0 Å². The predicted octanol–water partition coefficient (Wildman–Crippen LogP) is -0.279. The molecule has 0 aliphatic carbocycles. The topological polar surface area (TPSA) is 61.4 Å². The molecule has 1 atom stereocenters. The Balaban J connectivity index is 2.55. The van der Waals surface area contributed by atoms with Crippen LogP contribution in [0.1, 0.15) is 27.2 Å². The molecule has 0 radical (unpaired) electrons. The average molecular weight is 227 g/mol. The molecule has 5 heteroatoms. The van der Waals surface area contributed by atoms with Crippen molar-refractivity contribution in [3.8, 4) is 0 Å². The lowest BCUT2D eigenvalue weighted by atomic mass is 10.0. The number of hydrogen-bond acceptors (Lipinski definition) is 3. The van der Waals surface area contributed by atoms with E-state index in [1.807, 2.05) is 20.8 Å². The van der Waals surface area contributed by atoms with Crippen LogP contribution in [0.25, 0.3) is 0 Å². The largest absolute Gasteiger partial charge is 0.344 e. The van der Waals surface area contributed by atoms with Gasteiger partial charge in [0.1, 0.15) is 6.04 Å². The van der Waals surface area contributed by atoms with Gasteiger partial charge in [-0.3, -0.25) is 9.59 Å². The smallest absolute Gasteiger partial charge is 0.244 e. The van der Waals surface area contributed by atoms with E-state index in [1.165, 1.54) is 0 Å². The number of nitrogens with one attached hydrogen (secondary N) is 2. The minimum absolute atomic E-state index is 0.000600. The van der Waals surface area contributed by atoms with Crippen LogP contribution in [0.2, 0.25) is 0 Å². The van der Waals surface area contributed by atoms with Gasteiger partial charge >= 0.3 is 0 Å². The number of hydrogen-bond donors (Lipinski definition) is 2. The molecule has 16 heavy (non-hydrogen) atoms. The van der Waals surface area contributed by atoms with E-state index in [4.69, 9.17) is 0 Å². The third-order valence-corrected chi connectivity index (χ3v) is 2.92. The molecule has 92 valence electrons. The molecule has 1 saturated heterocycles. The van der Waals surface area contributed by atoms with Gasteiger partial charge < -0.3 is 15.5 Å². The van der Waals surface area contributed by atoms with Gasteiger partial charge in [-0.2, -0.15) is 0 Å². The zero-order valence-electron chi connectivity index (χ0n) is 10.5. The monoisotopic (exact) mass is 227 g/mol. The normalized spacial score (nSPS) is 21.4. The first-order chi connectivity index (χ1) is 7.38. The number of amides is 2. The summed E-state index contributed by atoms with van der Waals surface area (Å²) in [5.41, 5.74) is -0.629. The first-order valence-electron chi connectivity index (χ1n) is 5.69. The van der Waals surface area contributed by atoms with Crippen molar-refractivity contribution >= 4 is 11.8 Å². The van der Waals surface area contributed by atoms with E-state index >= 15 is 0 Å². The van der Waals surface area contributed by atoms with Crippen molar-refractivity contribution in [1.29, 1.82) is 0 Å². The Kier molecular flexibility index (Phi) is 3.91. The maximum Gasteiger partial charge on any atom is 0.244 e. The maximum atomic E-state index is 11.9. The van der Waals surface area contributed by atoms with Crippen molar-refractivity contribution in [3.05, 3.63) is 0 Å². The summed E-state index contributed by atoms with van der Waals surface area (Å²) in [6, 6.07) is -0.351. The third kappa shape index (κ3) is 2.72. The highest BCUT2D eigenvalue weighted by Gasteiger charge is 2.34. The lowest BCUT2D eigenvalue weighted by Crippen LogP contribution is -2.56. The van der Waals surface area contributed by atoms with Crippen LogP contribution in [0.3, 0.4) is 0 Å². The Hall–Kier alpha value is -1.10. The molecular formula is C11H21N3O2. The van der Waals surface area contributed by atoms with E-state index in [0.29, 0.717) is 13.0 Å². The van der Waals surface area contributed by atoms with Crippen LogP contribution in [-0.2, 0) is 9.59 Å². The lowest BCUT2D eigenvalue weighted by Gasteiger charge is -2.26. The van der Waals surface area contributed by atoms with E-state index < -0.39 is 5.54 Å². The van der Waals surface area contributed by atoms with Gasteiger partial charge in [-0.25, -0.2) is 0 Å². The maximum absolute atomic E-state index is 11.9. The summed E-state index contributed by atoms with van der Waals surface area (Å²) in [5.74, 6) is -0.122. The van der Waals surface area contributed by atoms with E-state index in [2.05, 4.69) is 10.6 Å². The molecule has 0 aromatic rings. The minimum Gasteiger partial charge on any atom is -0.344 e. The van der Waals surface area contributed by atoms with Crippen molar-refractivity contribution in [3.63, 3.8) is 0 Å². The molecular weight excluding hydrogens is 206 g/mol. The van der Waals surface area contributed by atoms with Crippen molar-refractivity contribution in [2.24, 2.45) is 0 Å². The van der Waals surface area contributed by atoms with Gasteiger partial charge in [0, 0.05) is 13.6 Å². The average Bonchev–Trinajstić information content (AvgIpc) is 2.49. The first kappa shape index (κ1) is 13.0. The van der Waals surface area contributed by atoms with Crippen LogP contribution in [0.4, 0.5) is 0 Å². The Bertz CT molecular complexity index is 289. The van der Waals surface area contributed by atoms with Gasteiger partial charge in [0.05, 0.1) is 5.54 Å². The summed E-state index contributed by atoms with van der Waals surface area (Å²) in [4.78, 5) is 25.2. The summed E-state index contributed by atoms with van der Waals surface area (Å²) in [7, 11) is 1.75. The van der Waals surface area contributed by atoms with Gasteiger partial charge in [0.25, 0.3) is 0 Å². The highest BCUT2D eigenvalue weighted by Crippen LogP contribution is 2.10. The number of nitrogens with zero attached hydrogens (tertiary/aromatic N) is 1. The summed E-state index contributed by atoms with van der Waals surface area (Å²) in [6.07, 6.45) is 0.698. The van der Waals surface area contributed by atoms with Crippen LogP contribution in [0.15, 0.2) is 0 Å². The van der Waals surface area contributed by atoms with Crippen LogP contribution in [0, 0.1) is 0 Å². The Morgan fingerprint density at radius 1 is 1.56 bits per heavy atom. The van der Waals surface area contributed by atoms with Gasteiger partial charge in [-0.05, 0) is 26.8 Å². The third-order valence-electron chi connectivity index (χ3n) is 2.92. The quantitative estimate of drug-likeness (QED) is 0.694. The molecule has 1 aliphatic heterocycles. The van der Waals surface area contributed by atoms with E-state index in [9.17, 15) is 9.59 Å². The van der Waals surface area contributed by atoms with Crippen molar-refractivity contribution in [1.82, 2.24) is 15.5 Å². The second-order valence-corrected chi connectivity index (χ2v) is 4.73. The van der Waals surface area contributed by atoms with Crippen molar-refractivity contribution in [2.45, 2.75) is 38.8 Å². The lowest BCUT2D eigenvalue weighted by molar-refractivity contribution is -0.133. The molecule has 1 fully saturated rings. The molecule has 5 nitrogen and oxygen atoms in total. The van der Waals surface area contributed by atoms with Gasteiger partial charge in [-0.15, -0.1) is 0 Å². The zero-order chi connectivity index (χ0) is 12.3. The predicted molar refractivity (Wildman–Crippen MR) is 61.9 cm³/mol. The summed E-state index contributed by atoms with van der Waals surface area (Å²) < 4.78 is 0. The molecule has 2 N–H and O–H groups in total. The molecule has 1 rings (SSSR count). The number of carbonyl (C=O) groups excluding carboxylic acids is 2. The highest BCUT2D eigenvalue weighted by molar-refractivity contribution is 5.92. The number of rotatable bonds is 4. The van der Waals surface area contributed by atoms with Crippen LogP contribution in [0.5, 0.6) is 0 Å². The van der Waals surface area contributed by atoms with Crippen LogP contribution < -0.4 is 10.6 Å². The number of likely N-dealkylation sites (tertiary alicyclic amines) is 1. The van der Waals surface area contributed by atoms with E-state index in [1.54, 1.807) is 11.9 Å². The second-order valence-electron chi connectivity index (χ2n) is 4.73. The summed E-state index contributed by atoms with van der Waals surface area (Å²) in [6.45, 7) is 7.01. The molecule has 0 bridgehead atoms. The SMILES string of the molecule is CCNC(C)(C)C(=O)NC1CCN(C)C1=O. The molecule has 0 saturated carbocycles. The zero-order valence-corrected chi connectivity index (χ0v) is 10.5. The number of carbonyl (C=O) groups is 2. The molecule has 1 aliphatic rings. The summed E-state index contributed by atoms with van der Waals surface area (Å²) >= 11 is 0. The molecule has 0 aromatic heterocycles. The van der Waals surface area contributed by atoms with Gasteiger partial charge in [-0.1, -0.05) is 6.92 Å². The fourth-order valence-electron chi connectivity index (χ4n) is 1.82. The van der Waals surface area contributed by atoms with Crippen molar-refractivity contribution < 1.29 is 9.59 Å². The minimum atomic E-state index is -0.629. The molecule has 0 spiro atoms. The molecule has 0 aromatic carbocycles. The first-order valence-corrected chi connectivity index (χ1v) is 5.69. The van der Waals surface area contributed by atoms with E-state index in [0.717, 1.165) is 6.54 Å². The second kappa shape index (κ2) is 4.82.